The minimum atomic E-state index is 0.743. The molecule has 17 heavy (non-hydrogen) atoms. The van der Waals surface area contributed by atoms with Crippen molar-refractivity contribution in [2.75, 3.05) is 0 Å². The molecule has 0 atom stereocenters. The van der Waals surface area contributed by atoms with Crippen molar-refractivity contribution < 1.29 is 0 Å². The molecule has 0 aliphatic heterocycles. The first-order valence-corrected chi connectivity index (χ1v) is 6.30. The van der Waals surface area contributed by atoms with E-state index in [-0.39, 0.29) is 0 Å². The molecule has 0 fully saturated rings. The third kappa shape index (κ3) is 1.85. The number of rotatable bonds is 1. The zero-order valence-electron chi connectivity index (χ0n) is 8.74. The number of aromatic amines is 1. The number of nitrogens with zero attached hydrogens (tertiary/aromatic N) is 1. The molecule has 2 aromatic heterocycles. The normalized spacial score (nSPS) is 10.9. The van der Waals surface area contributed by atoms with Gasteiger partial charge in [-0.15, -0.1) is 0 Å². The number of H-pyrrole nitrogens is 1. The highest BCUT2D eigenvalue weighted by atomic mass is 79.9. The van der Waals surface area contributed by atoms with E-state index < -0.39 is 0 Å². The lowest BCUT2D eigenvalue weighted by Gasteiger charge is -1.97. The van der Waals surface area contributed by atoms with Gasteiger partial charge < -0.3 is 4.98 Å². The number of benzene rings is 1. The highest BCUT2D eigenvalue weighted by molar-refractivity contribution is 9.10. The van der Waals surface area contributed by atoms with E-state index in [2.05, 4.69) is 25.9 Å². The molecule has 3 rings (SSSR count). The Hall–Kier alpha value is -1.32. The quantitative estimate of drug-likeness (QED) is 0.697. The maximum absolute atomic E-state index is 6.39. The molecule has 0 spiro atoms. The molecule has 84 valence electrons. The van der Waals surface area contributed by atoms with Crippen LogP contribution in [0.15, 0.2) is 47.2 Å². The molecule has 4 heteroatoms. The number of halogens is 2. The van der Waals surface area contributed by atoms with Crippen LogP contribution in [0.1, 0.15) is 0 Å². The average molecular weight is 308 g/mol. The Labute approximate surface area is 112 Å². The summed E-state index contributed by atoms with van der Waals surface area (Å²) in [5, 5.41) is 1.76. The van der Waals surface area contributed by atoms with Gasteiger partial charge in [0.2, 0.25) is 0 Å². The molecule has 1 aromatic carbocycles. The number of aromatic nitrogens is 2. The van der Waals surface area contributed by atoms with Gasteiger partial charge in [-0.2, -0.15) is 0 Å². The van der Waals surface area contributed by atoms with Gasteiger partial charge in [0.15, 0.2) is 0 Å². The summed E-state index contributed by atoms with van der Waals surface area (Å²) >= 11 is 9.84. The number of pyridine rings is 1. The number of fused-ring (bicyclic) bond motifs is 1. The fourth-order valence-electron chi connectivity index (χ4n) is 1.85. The van der Waals surface area contributed by atoms with Crippen LogP contribution >= 0.6 is 27.5 Å². The van der Waals surface area contributed by atoms with E-state index in [1.165, 1.54) is 0 Å². The van der Waals surface area contributed by atoms with Crippen molar-refractivity contribution in [3.05, 3.63) is 52.2 Å². The first kappa shape index (κ1) is 10.8. The first-order valence-electron chi connectivity index (χ1n) is 5.13. The second-order valence-corrected chi connectivity index (χ2v) is 5.03. The lowest BCUT2D eigenvalue weighted by Crippen LogP contribution is -1.78. The fourth-order valence-corrected chi connectivity index (χ4v) is 2.52. The summed E-state index contributed by atoms with van der Waals surface area (Å²) in [7, 11) is 0. The van der Waals surface area contributed by atoms with Crippen molar-refractivity contribution in [3.63, 3.8) is 0 Å². The van der Waals surface area contributed by atoms with Crippen LogP contribution in [0, 0.1) is 0 Å². The van der Waals surface area contributed by atoms with Crippen LogP contribution < -0.4 is 0 Å². The Kier molecular flexibility index (Phi) is 2.65. The lowest BCUT2D eigenvalue weighted by molar-refractivity contribution is 1.32. The topological polar surface area (TPSA) is 28.7 Å². The molecule has 0 saturated carbocycles. The van der Waals surface area contributed by atoms with Crippen molar-refractivity contribution >= 4 is 38.4 Å². The van der Waals surface area contributed by atoms with Crippen molar-refractivity contribution in [1.29, 1.82) is 0 Å². The van der Waals surface area contributed by atoms with Gasteiger partial charge in [-0.05, 0) is 30.3 Å². The molecule has 3 aromatic rings. The van der Waals surface area contributed by atoms with E-state index in [0.29, 0.717) is 0 Å². The van der Waals surface area contributed by atoms with E-state index >= 15 is 0 Å². The Morgan fingerprint density at radius 3 is 2.65 bits per heavy atom. The van der Waals surface area contributed by atoms with Crippen LogP contribution in [-0.2, 0) is 0 Å². The zero-order chi connectivity index (χ0) is 11.8. The van der Waals surface area contributed by atoms with Crippen LogP contribution in [0.3, 0.4) is 0 Å². The SMILES string of the molecule is Clc1c(-c2ccncc2)[nH]c2ccc(Br)cc12. The van der Waals surface area contributed by atoms with Crippen molar-refractivity contribution in [2.45, 2.75) is 0 Å². The second-order valence-electron chi connectivity index (χ2n) is 3.74. The van der Waals surface area contributed by atoms with Crippen LogP contribution in [0.2, 0.25) is 5.02 Å². The Morgan fingerprint density at radius 1 is 1.12 bits per heavy atom. The molecule has 1 N–H and O–H groups in total. The third-order valence-corrected chi connectivity index (χ3v) is 3.55. The van der Waals surface area contributed by atoms with Crippen LogP contribution in [-0.4, -0.2) is 9.97 Å². The summed E-state index contributed by atoms with van der Waals surface area (Å²) in [5.74, 6) is 0. The summed E-state index contributed by atoms with van der Waals surface area (Å²) in [6, 6.07) is 9.89. The maximum Gasteiger partial charge on any atom is 0.0740 e. The van der Waals surface area contributed by atoms with Crippen molar-refractivity contribution in [3.8, 4) is 11.3 Å². The Bertz CT molecular complexity index is 676. The molecular formula is C13H8BrClN2. The minimum absolute atomic E-state index is 0.743. The Morgan fingerprint density at radius 2 is 1.88 bits per heavy atom. The molecule has 0 amide bonds. The van der Waals surface area contributed by atoms with Gasteiger partial charge in [-0.3, -0.25) is 4.98 Å². The molecule has 0 bridgehead atoms. The molecule has 0 unspecified atom stereocenters. The summed E-state index contributed by atoms with van der Waals surface area (Å²) in [6.45, 7) is 0. The van der Waals surface area contributed by atoms with Gasteiger partial charge in [0.25, 0.3) is 0 Å². The van der Waals surface area contributed by atoms with Gasteiger partial charge >= 0.3 is 0 Å². The minimum Gasteiger partial charge on any atom is -0.353 e. The highest BCUT2D eigenvalue weighted by Crippen LogP contribution is 2.35. The second kappa shape index (κ2) is 4.17. The summed E-state index contributed by atoms with van der Waals surface area (Å²) < 4.78 is 1.02. The lowest BCUT2D eigenvalue weighted by atomic mass is 10.2. The van der Waals surface area contributed by atoms with Gasteiger partial charge in [0.1, 0.15) is 0 Å². The predicted molar refractivity (Wildman–Crippen MR) is 74.2 cm³/mol. The summed E-state index contributed by atoms with van der Waals surface area (Å²) in [5.41, 5.74) is 3.00. The molecule has 0 aliphatic carbocycles. The van der Waals surface area contributed by atoms with Crippen LogP contribution in [0.5, 0.6) is 0 Å². The molecule has 2 nitrogen and oxygen atoms in total. The van der Waals surface area contributed by atoms with Gasteiger partial charge in [0, 0.05) is 33.3 Å². The van der Waals surface area contributed by atoms with Crippen molar-refractivity contribution in [2.24, 2.45) is 0 Å². The fraction of sp³-hybridized carbons (Fsp3) is 0. The summed E-state index contributed by atoms with van der Waals surface area (Å²) in [4.78, 5) is 7.33. The van der Waals surface area contributed by atoms with E-state index in [4.69, 9.17) is 11.6 Å². The molecule has 0 radical (unpaired) electrons. The van der Waals surface area contributed by atoms with E-state index in [9.17, 15) is 0 Å². The van der Waals surface area contributed by atoms with Gasteiger partial charge in [-0.25, -0.2) is 0 Å². The first-order chi connectivity index (χ1) is 8.25. The van der Waals surface area contributed by atoms with Crippen LogP contribution in [0.25, 0.3) is 22.2 Å². The maximum atomic E-state index is 6.39. The average Bonchev–Trinajstić information content (AvgIpc) is 2.68. The highest BCUT2D eigenvalue weighted by Gasteiger charge is 2.11. The molecule has 0 aliphatic rings. The van der Waals surface area contributed by atoms with E-state index in [0.717, 1.165) is 31.7 Å². The largest absolute Gasteiger partial charge is 0.353 e. The van der Waals surface area contributed by atoms with E-state index in [1.54, 1.807) is 12.4 Å². The smallest absolute Gasteiger partial charge is 0.0740 e. The third-order valence-electron chi connectivity index (χ3n) is 2.67. The zero-order valence-corrected chi connectivity index (χ0v) is 11.1. The number of nitrogens with one attached hydrogen (secondary N) is 1. The predicted octanol–water partition coefficient (Wildman–Crippen LogP) is 4.65. The van der Waals surface area contributed by atoms with Crippen molar-refractivity contribution in [1.82, 2.24) is 9.97 Å². The van der Waals surface area contributed by atoms with Gasteiger partial charge in [-0.1, -0.05) is 27.5 Å². The van der Waals surface area contributed by atoms with E-state index in [1.807, 2.05) is 30.3 Å². The molecule has 0 saturated heterocycles. The van der Waals surface area contributed by atoms with Crippen LogP contribution in [0.4, 0.5) is 0 Å². The number of hydrogen-bond donors (Lipinski definition) is 1. The molecule has 2 heterocycles. The summed E-state index contributed by atoms with van der Waals surface area (Å²) in [6.07, 6.45) is 3.51. The number of hydrogen-bond acceptors (Lipinski definition) is 1. The van der Waals surface area contributed by atoms with Gasteiger partial charge in [0.05, 0.1) is 10.7 Å². The molecular weight excluding hydrogens is 300 g/mol. The monoisotopic (exact) mass is 306 g/mol. The Balaban J connectivity index is 2.28. The standard InChI is InChI=1S/C13H8BrClN2/c14-9-1-2-11-10(7-9)12(15)13(17-11)8-3-5-16-6-4-8/h1-7,17H.